The Hall–Kier alpha value is -1.11. The van der Waals surface area contributed by atoms with Crippen LogP contribution in [0.1, 0.15) is 41.5 Å². The van der Waals surface area contributed by atoms with Crippen molar-refractivity contribution in [3.05, 3.63) is 37.1 Å². The smallest absolute Gasteiger partial charge is 0.0451 e. The fraction of sp³-hybridized carbons (Fsp3) is 0.533. The zero-order chi connectivity index (χ0) is 13.0. The maximum Gasteiger partial charge on any atom is 0.0451 e. The fourth-order valence-corrected chi connectivity index (χ4v) is 1.24. The highest BCUT2D eigenvalue weighted by molar-refractivity contribution is 5.98. The molecule has 90 valence electrons. The summed E-state index contributed by atoms with van der Waals surface area (Å²) in [6.45, 7) is 20.5. The van der Waals surface area contributed by atoms with E-state index in [4.69, 9.17) is 0 Å². The van der Waals surface area contributed by atoms with Crippen LogP contribution in [0.4, 0.5) is 0 Å². The van der Waals surface area contributed by atoms with Crippen LogP contribution in [-0.4, -0.2) is 5.71 Å². The molecule has 16 heavy (non-hydrogen) atoms. The number of aliphatic imine (C=N–C) groups is 1. The van der Waals surface area contributed by atoms with Crippen molar-refractivity contribution < 1.29 is 0 Å². The summed E-state index contributed by atoms with van der Waals surface area (Å²) in [5.74, 6) is 0. The second kappa shape index (κ2) is 5.29. The Morgan fingerprint density at radius 3 is 1.62 bits per heavy atom. The first-order chi connectivity index (χ1) is 7.12. The lowest BCUT2D eigenvalue weighted by Gasteiger charge is -2.21. The molecule has 0 unspecified atom stereocenters. The number of nitrogens with zero attached hydrogens (tertiary/aromatic N) is 1. The predicted molar refractivity (Wildman–Crippen MR) is 74.8 cm³/mol. The van der Waals surface area contributed by atoms with Gasteiger partial charge in [0.25, 0.3) is 0 Å². The maximum atomic E-state index is 4.52. The van der Waals surface area contributed by atoms with Crippen molar-refractivity contribution in [2.45, 2.75) is 41.5 Å². The van der Waals surface area contributed by atoms with Crippen molar-refractivity contribution in [2.75, 3.05) is 0 Å². The molecular weight excluding hydrogens is 194 g/mol. The summed E-state index contributed by atoms with van der Waals surface area (Å²) in [6.07, 6.45) is 5.59. The predicted octanol–water partition coefficient (Wildman–Crippen LogP) is 4.78. The first-order valence-corrected chi connectivity index (χ1v) is 5.66. The minimum atomic E-state index is 0.0302. The Labute approximate surface area is 101 Å². The van der Waals surface area contributed by atoms with Gasteiger partial charge in [0.2, 0.25) is 0 Å². The minimum Gasteiger partial charge on any atom is -0.260 e. The first kappa shape index (κ1) is 14.9. The van der Waals surface area contributed by atoms with E-state index in [0.717, 1.165) is 11.3 Å². The van der Waals surface area contributed by atoms with Gasteiger partial charge in [0.05, 0.1) is 0 Å². The zero-order valence-corrected chi connectivity index (χ0v) is 11.6. The third kappa shape index (κ3) is 4.61. The van der Waals surface area contributed by atoms with Gasteiger partial charge in [-0.05, 0) is 17.1 Å². The lowest BCUT2D eigenvalue weighted by Crippen LogP contribution is -2.17. The largest absolute Gasteiger partial charge is 0.260 e. The summed E-state index contributed by atoms with van der Waals surface area (Å²) >= 11 is 0. The molecule has 0 N–H and O–H groups in total. The molecule has 0 amide bonds. The average Bonchev–Trinajstić information content (AvgIpc) is 2.08. The normalized spacial score (nSPS) is 14.9. The third-order valence-corrected chi connectivity index (χ3v) is 2.39. The highest BCUT2D eigenvalue weighted by atomic mass is 14.7. The molecule has 0 atom stereocenters. The molecule has 0 radical (unpaired) electrons. The van der Waals surface area contributed by atoms with E-state index in [9.17, 15) is 0 Å². The molecule has 0 saturated heterocycles. The number of rotatable bonds is 3. The fourth-order valence-electron chi connectivity index (χ4n) is 1.24. The van der Waals surface area contributed by atoms with Crippen molar-refractivity contribution in [3.8, 4) is 0 Å². The van der Waals surface area contributed by atoms with E-state index in [1.54, 1.807) is 0 Å². The van der Waals surface area contributed by atoms with E-state index in [2.05, 4.69) is 59.7 Å². The summed E-state index contributed by atoms with van der Waals surface area (Å²) in [5, 5.41) is 0. The lowest BCUT2D eigenvalue weighted by molar-refractivity contribution is 0.515. The van der Waals surface area contributed by atoms with Crippen molar-refractivity contribution in [3.63, 3.8) is 0 Å². The Morgan fingerprint density at radius 2 is 1.38 bits per heavy atom. The summed E-state index contributed by atoms with van der Waals surface area (Å²) in [5.41, 5.74) is 2.24. The quantitative estimate of drug-likeness (QED) is 0.478. The molecule has 0 aromatic rings. The topological polar surface area (TPSA) is 12.4 Å². The minimum absolute atomic E-state index is 0.0302. The van der Waals surface area contributed by atoms with Gasteiger partial charge in [-0.25, -0.2) is 0 Å². The molecule has 1 heteroatoms. The van der Waals surface area contributed by atoms with Gasteiger partial charge in [0.15, 0.2) is 0 Å². The van der Waals surface area contributed by atoms with Crippen LogP contribution < -0.4 is 0 Å². The Morgan fingerprint density at radius 1 is 0.875 bits per heavy atom. The highest BCUT2D eigenvalue weighted by Crippen LogP contribution is 2.26. The molecular formula is C15H25N. The van der Waals surface area contributed by atoms with Gasteiger partial charge in [-0.15, -0.1) is 0 Å². The molecule has 0 bridgehead atoms. The van der Waals surface area contributed by atoms with Crippen LogP contribution in [0, 0.1) is 10.8 Å². The van der Waals surface area contributed by atoms with E-state index < -0.39 is 0 Å². The molecule has 0 saturated carbocycles. The van der Waals surface area contributed by atoms with Gasteiger partial charge in [-0.2, -0.15) is 0 Å². The van der Waals surface area contributed by atoms with Crippen LogP contribution in [0.25, 0.3) is 0 Å². The van der Waals surface area contributed by atoms with Crippen LogP contribution in [0.2, 0.25) is 0 Å². The number of allylic oxidation sites excluding steroid dienone is 3. The molecule has 0 aromatic carbocycles. The molecule has 0 aliphatic rings. The van der Waals surface area contributed by atoms with Gasteiger partial charge in [-0.3, -0.25) is 4.99 Å². The highest BCUT2D eigenvalue weighted by Gasteiger charge is 2.17. The second-order valence-electron chi connectivity index (χ2n) is 6.01. The number of hydrogen-bond acceptors (Lipinski definition) is 1. The van der Waals surface area contributed by atoms with E-state index in [0.29, 0.717) is 0 Å². The summed E-state index contributed by atoms with van der Waals surface area (Å²) in [4.78, 5) is 4.52. The van der Waals surface area contributed by atoms with Crippen molar-refractivity contribution in [1.82, 2.24) is 0 Å². The maximum absolute atomic E-state index is 4.52. The molecule has 0 aromatic heterocycles. The monoisotopic (exact) mass is 219 g/mol. The molecule has 0 heterocycles. The molecule has 0 fully saturated rings. The van der Waals surface area contributed by atoms with Crippen molar-refractivity contribution in [1.29, 1.82) is 0 Å². The van der Waals surface area contributed by atoms with Crippen molar-refractivity contribution >= 4 is 5.71 Å². The Bertz CT molecular complexity index is 282. The van der Waals surface area contributed by atoms with Crippen LogP contribution in [0.5, 0.6) is 0 Å². The molecule has 0 rings (SSSR count). The van der Waals surface area contributed by atoms with Gasteiger partial charge in [0, 0.05) is 17.3 Å². The second-order valence-corrected chi connectivity index (χ2v) is 6.01. The van der Waals surface area contributed by atoms with Gasteiger partial charge in [0.1, 0.15) is 0 Å². The molecule has 1 nitrogen and oxygen atoms in total. The summed E-state index contributed by atoms with van der Waals surface area (Å²) < 4.78 is 0. The van der Waals surface area contributed by atoms with Gasteiger partial charge < -0.3 is 0 Å². The zero-order valence-electron chi connectivity index (χ0n) is 11.6. The van der Waals surface area contributed by atoms with E-state index in [1.807, 2.05) is 18.4 Å². The Kier molecular flexibility index (Phi) is 4.92. The summed E-state index contributed by atoms with van der Waals surface area (Å²) in [7, 11) is 0. The molecule has 0 aliphatic heterocycles. The van der Waals surface area contributed by atoms with Crippen LogP contribution in [0.3, 0.4) is 0 Å². The third-order valence-electron chi connectivity index (χ3n) is 2.39. The Balaban J connectivity index is 5.24. The number of hydrogen-bond donors (Lipinski definition) is 0. The van der Waals surface area contributed by atoms with Gasteiger partial charge >= 0.3 is 0 Å². The molecule has 0 spiro atoms. The van der Waals surface area contributed by atoms with Crippen molar-refractivity contribution in [2.24, 2.45) is 15.8 Å². The summed E-state index contributed by atoms with van der Waals surface area (Å²) in [6, 6.07) is 0. The van der Waals surface area contributed by atoms with E-state index in [1.165, 1.54) is 0 Å². The standard InChI is InChI=1S/C15H25N/c1-9-12(14(3,4)5)11-16-13(10-2)15(6,7)8/h9-11H,1-2H2,3-8H3/b12-11+,16-13+. The van der Waals surface area contributed by atoms with Crippen LogP contribution in [0.15, 0.2) is 42.1 Å². The lowest BCUT2D eigenvalue weighted by atomic mass is 9.87. The molecule has 0 aliphatic carbocycles. The SMILES string of the molecule is C=C/C(=C\N=C(/C=C)C(C)(C)C)C(C)(C)C. The average molecular weight is 219 g/mol. The van der Waals surface area contributed by atoms with E-state index >= 15 is 0 Å². The van der Waals surface area contributed by atoms with Gasteiger partial charge in [-0.1, -0.05) is 60.8 Å². The van der Waals surface area contributed by atoms with E-state index in [-0.39, 0.29) is 10.8 Å². The van der Waals surface area contributed by atoms with Crippen LogP contribution >= 0.6 is 0 Å². The van der Waals surface area contributed by atoms with Crippen LogP contribution in [-0.2, 0) is 0 Å². The first-order valence-electron chi connectivity index (χ1n) is 5.66.